The van der Waals surface area contributed by atoms with Crippen LogP contribution >= 0.6 is 11.8 Å². The maximum Gasteiger partial charge on any atom is 0.242 e. The number of thioether (sulfide) groups is 1. The Labute approximate surface area is 174 Å². The number of likely N-dealkylation sites (tertiary alicyclic amines) is 1. The third-order valence-electron chi connectivity index (χ3n) is 5.94. The minimum absolute atomic E-state index is 0.0159. The Morgan fingerprint density at radius 1 is 1.18 bits per heavy atom. The SMILES string of the molecule is CC(C)SC1CC(=O)N(CC2CCC(C(=O)NCCN(C)C(C)C)CC2)C1=O. The zero-order chi connectivity index (χ0) is 20.8. The predicted molar refractivity (Wildman–Crippen MR) is 114 cm³/mol. The Morgan fingerprint density at radius 3 is 2.39 bits per heavy atom. The van der Waals surface area contributed by atoms with E-state index in [1.54, 1.807) is 11.8 Å². The molecule has 7 heteroatoms. The molecule has 2 rings (SSSR count). The molecule has 0 aromatic rings. The molecule has 28 heavy (non-hydrogen) atoms. The van der Waals surface area contributed by atoms with Gasteiger partial charge in [0.1, 0.15) is 0 Å². The van der Waals surface area contributed by atoms with Crippen molar-refractivity contribution in [3.8, 4) is 0 Å². The van der Waals surface area contributed by atoms with Crippen LogP contribution in [-0.4, -0.2) is 70.7 Å². The van der Waals surface area contributed by atoms with Crippen LogP contribution < -0.4 is 5.32 Å². The van der Waals surface area contributed by atoms with Crippen molar-refractivity contribution in [2.45, 2.75) is 76.3 Å². The number of hydrogen-bond donors (Lipinski definition) is 1. The van der Waals surface area contributed by atoms with Crippen LogP contribution in [0, 0.1) is 11.8 Å². The van der Waals surface area contributed by atoms with Gasteiger partial charge in [0.25, 0.3) is 0 Å². The number of carbonyl (C=O) groups excluding carboxylic acids is 3. The first-order valence-corrected chi connectivity index (χ1v) is 11.6. The van der Waals surface area contributed by atoms with Crippen molar-refractivity contribution in [3.63, 3.8) is 0 Å². The molecule has 1 saturated heterocycles. The smallest absolute Gasteiger partial charge is 0.242 e. The second-order valence-electron chi connectivity index (χ2n) is 8.80. The van der Waals surface area contributed by atoms with Gasteiger partial charge in [0.15, 0.2) is 0 Å². The Kier molecular flexibility index (Phi) is 8.81. The fourth-order valence-electron chi connectivity index (χ4n) is 3.90. The molecule has 1 saturated carbocycles. The maximum atomic E-state index is 12.5. The molecule has 1 atom stereocenters. The van der Waals surface area contributed by atoms with Crippen LogP contribution in [0.2, 0.25) is 0 Å². The van der Waals surface area contributed by atoms with Gasteiger partial charge < -0.3 is 10.2 Å². The molecule has 0 spiro atoms. The fourth-order valence-corrected chi connectivity index (χ4v) is 5.04. The summed E-state index contributed by atoms with van der Waals surface area (Å²) in [6, 6.07) is 0.474. The number of imide groups is 1. The molecule has 2 fully saturated rings. The summed E-state index contributed by atoms with van der Waals surface area (Å²) >= 11 is 1.59. The van der Waals surface area contributed by atoms with E-state index in [1.807, 2.05) is 0 Å². The lowest BCUT2D eigenvalue weighted by molar-refractivity contribution is -0.139. The van der Waals surface area contributed by atoms with Crippen LogP contribution in [-0.2, 0) is 14.4 Å². The van der Waals surface area contributed by atoms with E-state index in [9.17, 15) is 14.4 Å². The van der Waals surface area contributed by atoms with E-state index in [4.69, 9.17) is 0 Å². The third kappa shape index (κ3) is 6.48. The summed E-state index contributed by atoms with van der Waals surface area (Å²) in [5.74, 6) is 0.495. The number of hydrogen-bond acceptors (Lipinski definition) is 5. The molecule has 160 valence electrons. The van der Waals surface area contributed by atoms with Gasteiger partial charge >= 0.3 is 0 Å². The highest BCUT2D eigenvalue weighted by Crippen LogP contribution is 2.33. The molecule has 2 aliphatic rings. The molecule has 6 nitrogen and oxygen atoms in total. The Bertz CT molecular complexity index is 559. The van der Waals surface area contributed by atoms with Crippen LogP contribution in [0.25, 0.3) is 0 Å². The van der Waals surface area contributed by atoms with Gasteiger partial charge in [-0.15, -0.1) is 11.8 Å². The minimum Gasteiger partial charge on any atom is -0.355 e. The Balaban J connectivity index is 1.72. The minimum atomic E-state index is -0.210. The highest BCUT2D eigenvalue weighted by molar-refractivity contribution is 8.01. The number of rotatable bonds is 9. The van der Waals surface area contributed by atoms with E-state index < -0.39 is 0 Å². The molecular weight excluding hydrogens is 374 g/mol. The average Bonchev–Trinajstić information content (AvgIpc) is 2.88. The van der Waals surface area contributed by atoms with E-state index in [1.165, 1.54) is 4.90 Å². The first-order valence-electron chi connectivity index (χ1n) is 10.7. The molecule has 0 aromatic carbocycles. The Morgan fingerprint density at radius 2 is 1.82 bits per heavy atom. The summed E-state index contributed by atoms with van der Waals surface area (Å²) in [5.41, 5.74) is 0. The lowest BCUT2D eigenvalue weighted by atomic mass is 9.81. The molecular formula is C21H37N3O3S. The molecule has 0 aromatic heterocycles. The summed E-state index contributed by atoms with van der Waals surface area (Å²) in [5, 5.41) is 3.20. The van der Waals surface area contributed by atoms with Crippen molar-refractivity contribution >= 4 is 29.5 Å². The predicted octanol–water partition coefficient (Wildman–Crippen LogP) is 2.52. The molecule has 1 unspecified atom stereocenters. The molecule has 1 heterocycles. The zero-order valence-corrected chi connectivity index (χ0v) is 18.9. The largest absolute Gasteiger partial charge is 0.355 e. The third-order valence-corrected chi connectivity index (χ3v) is 7.18. The van der Waals surface area contributed by atoms with E-state index >= 15 is 0 Å². The van der Waals surface area contributed by atoms with Crippen LogP contribution in [0.1, 0.15) is 59.8 Å². The fraction of sp³-hybridized carbons (Fsp3) is 0.857. The van der Waals surface area contributed by atoms with Gasteiger partial charge in [-0.05, 0) is 57.7 Å². The second kappa shape index (κ2) is 10.6. The van der Waals surface area contributed by atoms with Gasteiger partial charge in [-0.25, -0.2) is 0 Å². The van der Waals surface area contributed by atoms with E-state index in [0.717, 1.165) is 32.2 Å². The van der Waals surface area contributed by atoms with Crippen molar-refractivity contribution in [2.75, 3.05) is 26.7 Å². The number of nitrogens with one attached hydrogen (secondary N) is 1. The number of nitrogens with zero attached hydrogens (tertiary/aromatic N) is 2. The number of carbonyl (C=O) groups is 3. The summed E-state index contributed by atoms with van der Waals surface area (Å²) < 4.78 is 0. The van der Waals surface area contributed by atoms with Crippen molar-refractivity contribution in [2.24, 2.45) is 11.8 Å². The molecule has 1 aliphatic carbocycles. The molecule has 0 radical (unpaired) electrons. The monoisotopic (exact) mass is 411 g/mol. The standard InChI is InChI=1S/C21H37N3O3S/c1-14(2)23(5)11-10-22-20(26)17-8-6-16(7-9-17)13-24-19(25)12-18(21(24)27)28-15(3)4/h14-18H,6-13H2,1-5H3,(H,22,26). The molecule has 0 bridgehead atoms. The van der Waals surface area contributed by atoms with E-state index in [2.05, 4.69) is 45.0 Å². The van der Waals surface area contributed by atoms with E-state index in [-0.39, 0.29) is 28.9 Å². The number of amides is 3. The highest BCUT2D eigenvalue weighted by atomic mass is 32.2. The summed E-state index contributed by atoms with van der Waals surface area (Å²) in [7, 11) is 2.06. The van der Waals surface area contributed by atoms with Crippen LogP contribution in [0.5, 0.6) is 0 Å². The Hall–Kier alpha value is -1.08. The zero-order valence-electron chi connectivity index (χ0n) is 18.1. The maximum absolute atomic E-state index is 12.5. The number of likely N-dealkylation sites (N-methyl/N-ethyl adjacent to an activating group) is 1. The van der Waals surface area contributed by atoms with Crippen LogP contribution in [0.15, 0.2) is 0 Å². The summed E-state index contributed by atoms with van der Waals surface area (Å²) in [6.45, 7) is 10.5. The van der Waals surface area contributed by atoms with Crippen molar-refractivity contribution in [1.29, 1.82) is 0 Å². The van der Waals surface area contributed by atoms with Crippen molar-refractivity contribution in [1.82, 2.24) is 15.1 Å². The van der Waals surface area contributed by atoms with Gasteiger partial charge in [-0.1, -0.05) is 13.8 Å². The first kappa shape index (κ1) is 23.2. The lowest BCUT2D eigenvalue weighted by Crippen LogP contribution is -2.41. The van der Waals surface area contributed by atoms with Crippen LogP contribution in [0.4, 0.5) is 0 Å². The summed E-state index contributed by atoms with van der Waals surface area (Å²) in [4.78, 5) is 40.9. The van der Waals surface area contributed by atoms with Crippen molar-refractivity contribution < 1.29 is 14.4 Å². The highest BCUT2D eigenvalue weighted by Gasteiger charge is 2.40. The quantitative estimate of drug-likeness (QED) is 0.591. The first-order chi connectivity index (χ1) is 13.2. The normalized spacial score (nSPS) is 26.0. The molecule has 3 amide bonds. The van der Waals surface area contributed by atoms with Gasteiger partial charge in [-0.3, -0.25) is 19.3 Å². The second-order valence-corrected chi connectivity index (χ2v) is 10.6. The molecule has 1 aliphatic heterocycles. The topological polar surface area (TPSA) is 69.7 Å². The lowest BCUT2D eigenvalue weighted by Gasteiger charge is -2.30. The van der Waals surface area contributed by atoms with Crippen LogP contribution in [0.3, 0.4) is 0 Å². The average molecular weight is 412 g/mol. The summed E-state index contributed by atoms with van der Waals surface area (Å²) in [6.07, 6.45) is 3.84. The molecule has 1 N–H and O–H groups in total. The van der Waals surface area contributed by atoms with Gasteiger partial charge in [0.2, 0.25) is 17.7 Å². The van der Waals surface area contributed by atoms with Gasteiger partial charge in [0.05, 0.1) is 5.25 Å². The van der Waals surface area contributed by atoms with Gasteiger partial charge in [-0.2, -0.15) is 0 Å². The van der Waals surface area contributed by atoms with Crippen molar-refractivity contribution in [3.05, 3.63) is 0 Å². The van der Waals surface area contributed by atoms with Gasteiger partial charge in [0, 0.05) is 38.0 Å². The van der Waals surface area contributed by atoms with E-state index in [0.29, 0.717) is 36.7 Å².